The van der Waals surface area contributed by atoms with Crippen LogP contribution in [0.5, 0.6) is 11.5 Å². The SMILES string of the molecule is CS(=O)(=O)C1CSCCN1C(=O)Nc1ccc2c(c1)OCO2. The number of hydrogen-bond donors (Lipinski definition) is 1. The Morgan fingerprint density at radius 3 is 2.91 bits per heavy atom. The van der Waals surface area contributed by atoms with Crippen molar-refractivity contribution in [2.75, 3.05) is 36.4 Å². The summed E-state index contributed by atoms with van der Waals surface area (Å²) in [5, 5.41) is 1.93. The molecule has 0 spiro atoms. The Morgan fingerprint density at radius 1 is 1.36 bits per heavy atom. The number of anilines is 1. The molecule has 0 aromatic heterocycles. The molecule has 2 heterocycles. The van der Waals surface area contributed by atoms with E-state index < -0.39 is 21.2 Å². The summed E-state index contributed by atoms with van der Waals surface area (Å²) in [6, 6.07) is 4.64. The number of rotatable bonds is 2. The number of hydrogen-bond acceptors (Lipinski definition) is 6. The summed E-state index contributed by atoms with van der Waals surface area (Å²) < 4.78 is 34.1. The van der Waals surface area contributed by atoms with E-state index in [-0.39, 0.29) is 6.79 Å². The topological polar surface area (TPSA) is 84.9 Å². The quantitative estimate of drug-likeness (QED) is 0.872. The van der Waals surface area contributed by atoms with Crippen molar-refractivity contribution < 1.29 is 22.7 Å². The van der Waals surface area contributed by atoms with E-state index in [1.807, 2.05) is 0 Å². The van der Waals surface area contributed by atoms with Crippen LogP contribution in [-0.4, -0.2) is 55.8 Å². The van der Waals surface area contributed by atoms with Gasteiger partial charge in [0, 0.05) is 36.1 Å². The van der Waals surface area contributed by atoms with Gasteiger partial charge in [0.2, 0.25) is 6.79 Å². The Hall–Kier alpha value is -1.61. The number of sulfone groups is 1. The van der Waals surface area contributed by atoms with E-state index in [4.69, 9.17) is 9.47 Å². The van der Waals surface area contributed by atoms with Crippen LogP contribution in [0.3, 0.4) is 0 Å². The summed E-state index contributed by atoms with van der Waals surface area (Å²) in [6.45, 7) is 0.561. The maximum absolute atomic E-state index is 12.4. The number of carbonyl (C=O) groups excluding carboxylic acids is 1. The fourth-order valence-corrected chi connectivity index (χ4v) is 5.15. The van der Waals surface area contributed by atoms with Crippen LogP contribution >= 0.6 is 11.8 Å². The number of amides is 2. The van der Waals surface area contributed by atoms with Gasteiger partial charge in [-0.3, -0.25) is 0 Å². The van der Waals surface area contributed by atoms with Gasteiger partial charge in [-0.2, -0.15) is 11.8 Å². The average molecular weight is 344 g/mol. The van der Waals surface area contributed by atoms with Gasteiger partial charge in [0.05, 0.1) is 0 Å². The van der Waals surface area contributed by atoms with E-state index in [2.05, 4.69) is 5.32 Å². The molecule has 1 atom stereocenters. The molecule has 2 aliphatic rings. The average Bonchev–Trinajstić information content (AvgIpc) is 2.94. The molecular weight excluding hydrogens is 328 g/mol. The number of urea groups is 1. The van der Waals surface area contributed by atoms with Crippen molar-refractivity contribution in [2.24, 2.45) is 0 Å². The van der Waals surface area contributed by atoms with Crippen molar-refractivity contribution in [3.05, 3.63) is 18.2 Å². The van der Waals surface area contributed by atoms with E-state index in [9.17, 15) is 13.2 Å². The molecule has 1 N–H and O–H groups in total. The zero-order chi connectivity index (χ0) is 15.7. The molecule has 0 aliphatic carbocycles. The summed E-state index contributed by atoms with van der Waals surface area (Å²) in [4.78, 5) is 13.8. The molecule has 9 heteroatoms. The number of nitrogens with one attached hydrogen (secondary N) is 1. The molecule has 1 aromatic carbocycles. The van der Waals surface area contributed by atoms with Crippen molar-refractivity contribution in [3.63, 3.8) is 0 Å². The predicted octanol–water partition coefficient (Wildman–Crippen LogP) is 1.37. The summed E-state index contributed by atoms with van der Waals surface area (Å²) >= 11 is 1.54. The van der Waals surface area contributed by atoms with Gasteiger partial charge in [0.15, 0.2) is 21.3 Å². The zero-order valence-corrected chi connectivity index (χ0v) is 13.6. The summed E-state index contributed by atoms with van der Waals surface area (Å²) in [6.07, 6.45) is 1.16. The molecule has 1 aromatic rings. The number of carbonyl (C=O) groups is 1. The van der Waals surface area contributed by atoms with E-state index in [1.54, 1.807) is 18.2 Å². The number of benzene rings is 1. The van der Waals surface area contributed by atoms with Crippen molar-refractivity contribution >= 4 is 33.3 Å². The molecule has 0 radical (unpaired) electrons. The Balaban J connectivity index is 1.75. The number of ether oxygens (including phenoxy) is 2. The van der Waals surface area contributed by atoms with Crippen LogP contribution in [0.25, 0.3) is 0 Å². The highest BCUT2D eigenvalue weighted by Gasteiger charge is 2.34. The third kappa shape index (κ3) is 3.09. The first-order valence-electron chi connectivity index (χ1n) is 6.69. The van der Waals surface area contributed by atoms with Crippen LogP contribution in [0, 0.1) is 0 Å². The van der Waals surface area contributed by atoms with Gasteiger partial charge < -0.3 is 19.7 Å². The van der Waals surface area contributed by atoms with E-state index in [1.165, 1.54) is 16.7 Å². The Kier molecular flexibility index (Phi) is 4.09. The largest absolute Gasteiger partial charge is 0.454 e. The molecule has 1 saturated heterocycles. The highest BCUT2D eigenvalue weighted by Crippen LogP contribution is 2.34. The van der Waals surface area contributed by atoms with Crippen molar-refractivity contribution in [1.82, 2.24) is 4.90 Å². The predicted molar refractivity (Wildman–Crippen MR) is 84.2 cm³/mol. The van der Waals surface area contributed by atoms with Crippen LogP contribution in [0.2, 0.25) is 0 Å². The fourth-order valence-electron chi connectivity index (χ4n) is 2.34. The van der Waals surface area contributed by atoms with Gasteiger partial charge in [-0.15, -0.1) is 0 Å². The first-order valence-corrected chi connectivity index (χ1v) is 9.80. The van der Waals surface area contributed by atoms with Crippen molar-refractivity contribution in [2.45, 2.75) is 5.37 Å². The van der Waals surface area contributed by atoms with Gasteiger partial charge in [-0.05, 0) is 12.1 Å². The second-order valence-corrected chi connectivity index (χ2v) is 8.40. The van der Waals surface area contributed by atoms with E-state index >= 15 is 0 Å². The Morgan fingerprint density at radius 2 is 2.14 bits per heavy atom. The minimum Gasteiger partial charge on any atom is -0.454 e. The van der Waals surface area contributed by atoms with Crippen LogP contribution in [0.15, 0.2) is 18.2 Å². The van der Waals surface area contributed by atoms with Crippen molar-refractivity contribution in [1.29, 1.82) is 0 Å². The molecule has 3 rings (SSSR count). The summed E-state index contributed by atoms with van der Waals surface area (Å²) in [5.74, 6) is 2.31. The first-order chi connectivity index (χ1) is 10.4. The van der Waals surface area contributed by atoms with Crippen LogP contribution in [-0.2, 0) is 9.84 Å². The molecule has 120 valence electrons. The number of thioether (sulfide) groups is 1. The van der Waals surface area contributed by atoms with Crippen LogP contribution in [0.4, 0.5) is 10.5 Å². The molecular formula is C13H16N2O5S2. The van der Waals surface area contributed by atoms with E-state index in [0.717, 1.165) is 12.0 Å². The highest BCUT2D eigenvalue weighted by molar-refractivity contribution is 8.00. The minimum atomic E-state index is -3.32. The number of nitrogens with zero attached hydrogens (tertiary/aromatic N) is 1. The maximum atomic E-state index is 12.4. The molecule has 1 fully saturated rings. The second-order valence-electron chi connectivity index (χ2n) is 5.05. The van der Waals surface area contributed by atoms with Crippen LogP contribution < -0.4 is 14.8 Å². The Labute approximate surface area is 132 Å². The Bertz CT molecular complexity index is 692. The van der Waals surface area contributed by atoms with Gasteiger partial charge in [-0.1, -0.05) is 0 Å². The smallest absolute Gasteiger partial charge is 0.322 e. The summed E-state index contributed by atoms with van der Waals surface area (Å²) in [7, 11) is -3.32. The monoisotopic (exact) mass is 344 g/mol. The van der Waals surface area contributed by atoms with Gasteiger partial charge in [0.1, 0.15) is 5.37 Å². The first kappa shape index (κ1) is 15.3. The van der Waals surface area contributed by atoms with Gasteiger partial charge in [-0.25, -0.2) is 13.2 Å². The fraction of sp³-hybridized carbons (Fsp3) is 0.462. The molecule has 2 aliphatic heterocycles. The standard InChI is InChI=1S/C13H16N2O5S2/c1-22(17,18)12-7-21-5-4-15(12)13(16)14-9-2-3-10-11(6-9)20-8-19-10/h2-3,6,12H,4-5,7-8H2,1H3,(H,14,16). The lowest BCUT2D eigenvalue weighted by Crippen LogP contribution is -2.51. The maximum Gasteiger partial charge on any atom is 0.322 e. The van der Waals surface area contributed by atoms with Gasteiger partial charge >= 0.3 is 6.03 Å². The molecule has 0 saturated carbocycles. The highest BCUT2D eigenvalue weighted by atomic mass is 32.2. The lowest BCUT2D eigenvalue weighted by molar-refractivity contribution is 0.174. The molecule has 22 heavy (non-hydrogen) atoms. The zero-order valence-electron chi connectivity index (χ0n) is 11.9. The third-order valence-electron chi connectivity index (χ3n) is 3.46. The van der Waals surface area contributed by atoms with E-state index in [0.29, 0.717) is 29.5 Å². The van der Waals surface area contributed by atoms with Gasteiger partial charge in [0.25, 0.3) is 0 Å². The van der Waals surface area contributed by atoms with Crippen LogP contribution in [0.1, 0.15) is 0 Å². The minimum absolute atomic E-state index is 0.159. The normalized spacial score (nSPS) is 20.8. The second kappa shape index (κ2) is 5.88. The molecule has 2 amide bonds. The molecule has 0 bridgehead atoms. The number of fused-ring (bicyclic) bond motifs is 1. The lowest BCUT2D eigenvalue weighted by atomic mass is 10.3. The van der Waals surface area contributed by atoms with Crippen molar-refractivity contribution in [3.8, 4) is 11.5 Å². The summed E-state index contributed by atoms with van der Waals surface area (Å²) in [5.41, 5.74) is 0.541. The molecule has 7 nitrogen and oxygen atoms in total. The lowest BCUT2D eigenvalue weighted by Gasteiger charge is -2.33. The third-order valence-corrected chi connectivity index (χ3v) is 6.11. The molecule has 1 unspecified atom stereocenters.